The maximum atomic E-state index is 13.6. The molecule has 0 spiro atoms. The lowest BCUT2D eigenvalue weighted by atomic mass is 9.99. The molecule has 2 N–H and O–H groups in total. The molecule has 0 bridgehead atoms. The van der Waals surface area contributed by atoms with Crippen molar-refractivity contribution < 1.29 is 13.5 Å². The van der Waals surface area contributed by atoms with Gasteiger partial charge in [0, 0.05) is 23.4 Å². The molecule has 1 unspecified atom stereocenters. The van der Waals surface area contributed by atoms with Crippen LogP contribution in [0.2, 0.25) is 0 Å². The Labute approximate surface area is 103 Å². The van der Waals surface area contributed by atoms with Crippen molar-refractivity contribution in [2.75, 3.05) is 7.11 Å². The van der Waals surface area contributed by atoms with Crippen molar-refractivity contribution in [2.24, 2.45) is 5.73 Å². The molecule has 0 aliphatic rings. The van der Waals surface area contributed by atoms with Crippen molar-refractivity contribution in [2.45, 2.75) is 6.04 Å². The average molecular weight is 250 g/mol. The number of halogens is 2. The first kappa shape index (κ1) is 12.4. The minimum atomic E-state index is -0.733. The van der Waals surface area contributed by atoms with Gasteiger partial charge in [-0.25, -0.2) is 8.78 Å². The van der Waals surface area contributed by atoms with Crippen molar-refractivity contribution in [3.63, 3.8) is 0 Å². The third-order valence-corrected chi connectivity index (χ3v) is 2.67. The molecule has 1 aromatic heterocycles. The molecule has 18 heavy (non-hydrogen) atoms. The molecule has 0 aliphatic carbocycles. The zero-order valence-corrected chi connectivity index (χ0v) is 9.73. The number of benzene rings is 1. The van der Waals surface area contributed by atoms with Crippen LogP contribution in [0.3, 0.4) is 0 Å². The Kier molecular flexibility index (Phi) is 3.53. The third-order valence-electron chi connectivity index (χ3n) is 2.67. The molecular weight excluding hydrogens is 238 g/mol. The summed E-state index contributed by atoms with van der Waals surface area (Å²) in [6.45, 7) is 0. The highest BCUT2D eigenvalue weighted by Gasteiger charge is 2.17. The first-order valence-electron chi connectivity index (χ1n) is 5.32. The normalized spacial score (nSPS) is 12.2. The lowest BCUT2D eigenvalue weighted by Gasteiger charge is -2.16. The van der Waals surface area contributed by atoms with Crippen LogP contribution in [0.25, 0.3) is 0 Å². The van der Waals surface area contributed by atoms with Gasteiger partial charge in [-0.2, -0.15) is 0 Å². The maximum absolute atomic E-state index is 13.6. The van der Waals surface area contributed by atoms with Gasteiger partial charge in [-0.3, -0.25) is 4.98 Å². The number of aromatic nitrogens is 1. The molecule has 1 aromatic carbocycles. The number of nitrogens with zero attached hydrogens (tertiary/aromatic N) is 1. The van der Waals surface area contributed by atoms with Gasteiger partial charge in [0.05, 0.1) is 19.3 Å². The second-order valence-corrected chi connectivity index (χ2v) is 3.76. The maximum Gasteiger partial charge on any atom is 0.142 e. The first-order valence-corrected chi connectivity index (χ1v) is 5.32. The van der Waals surface area contributed by atoms with Crippen LogP contribution in [-0.2, 0) is 0 Å². The molecule has 94 valence electrons. The van der Waals surface area contributed by atoms with Gasteiger partial charge in [0.15, 0.2) is 0 Å². The van der Waals surface area contributed by atoms with E-state index < -0.39 is 17.7 Å². The summed E-state index contributed by atoms with van der Waals surface area (Å²) in [6.07, 6.45) is 3.04. The van der Waals surface area contributed by atoms with Gasteiger partial charge in [0.2, 0.25) is 0 Å². The number of hydrogen-bond acceptors (Lipinski definition) is 3. The van der Waals surface area contributed by atoms with E-state index in [9.17, 15) is 8.78 Å². The number of nitrogens with two attached hydrogens (primary N) is 1. The Morgan fingerprint density at radius 2 is 2.00 bits per heavy atom. The molecular formula is C13H12F2N2O. The Morgan fingerprint density at radius 3 is 2.67 bits per heavy atom. The molecule has 0 saturated carbocycles. The van der Waals surface area contributed by atoms with Gasteiger partial charge in [-0.1, -0.05) is 6.07 Å². The van der Waals surface area contributed by atoms with E-state index in [4.69, 9.17) is 10.5 Å². The van der Waals surface area contributed by atoms with Crippen LogP contribution in [0.4, 0.5) is 8.78 Å². The number of methoxy groups -OCH3 is 1. The number of pyridine rings is 1. The Hall–Kier alpha value is -2.01. The third kappa shape index (κ3) is 2.31. The smallest absolute Gasteiger partial charge is 0.142 e. The van der Waals surface area contributed by atoms with Crippen molar-refractivity contribution >= 4 is 0 Å². The van der Waals surface area contributed by atoms with Crippen LogP contribution in [-0.4, -0.2) is 12.1 Å². The van der Waals surface area contributed by atoms with Crippen LogP contribution in [0, 0.1) is 11.6 Å². The van der Waals surface area contributed by atoms with Crippen molar-refractivity contribution in [3.05, 3.63) is 59.4 Å². The largest absolute Gasteiger partial charge is 0.495 e. The first-order chi connectivity index (χ1) is 8.63. The zero-order valence-electron chi connectivity index (χ0n) is 9.73. The molecule has 0 fully saturated rings. The van der Waals surface area contributed by atoms with E-state index in [-0.39, 0.29) is 5.56 Å². The summed E-state index contributed by atoms with van der Waals surface area (Å²) in [6, 6.07) is 4.22. The van der Waals surface area contributed by atoms with Crippen molar-refractivity contribution in [3.8, 4) is 5.75 Å². The average Bonchev–Trinajstić information content (AvgIpc) is 2.38. The van der Waals surface area contributed by atoms with Gasteiger partial charge in [-0.15, -0.1) is 0 Å². The summed E-state index contributed by atoms with van der Waals surface area (Å²) in [4.78, 5) is 3.89. The van der Waals surface area contributed by atoms with Crippen LogP contribution in [0.5, 0.6) is 5.75 Å². The van der Waals surface area contributed by atoms with Crippen molar-refractivity contribution in [1.29, 1.82) is 0 Å². The van der Waals surface area contributed by atoms with Crippen LogP contribution < -0.4 is 10.5 Å². The molecule has 1 heterocycles. The Balaban J connectivity index is 2.44. The van der Waals surface area contributed by atoms with Gasteiger partial charge in [0.1, 0.15) is 17.4 Å². The summed E-state index contributed by atoms with van der Waals surface area (Å²) in [5.41, 5.74) is 6.78. The van der Waals surface area contributed by atoms with Gasteiger partial charge in [0.25, 0.3) is 0 Å². The van der Waals surface area contributed by atoms with Crippen LogP contribution >= 0.6 is 0 Å². The highest BCUT2D eigenvalue weighted by molar-refractivity contribution is 5.39. The summed E-state index contributed by atoms with van der Waals surface area (Å²) < 4.78 is 31.6. The summed E-state index contributed by atoms with van der Waals surface area (Å²) in [7, 11) is 1.48. The van der Waals surface area contributed by atoms with E-state index in [0.29, 0.717) is 11.3 Å². The quantitative estimate of drug-likeness (QED) is 0.910. The molecule has 0 amide bonds. The Morgan fingerprint density at radius 1 is 1.22 bits per heavy atom. The summed E-state index contributed by atoms with van der Waals surface area (Å²) >= 11 is 0. The molecule has 2 rings (SSSR count). The van der Waals surface area contributed by atoms with Crippen molar-refractivity contribution in [1.82, 2.24) is 4.98 Å². The minimum Gasteiger partial charge on any atom is -0.495 e. The second-order valence-electron chi connectivity index (χ2n) is 3.76. The predicted octanol–water partition coefficient (Wildman–Crippen LogP) is 2.42. The fraction of sp³-hybridized carbons (Fsp3) is 0.154. The molecule has 0 aliphatic heterocycles. The minimum absolute atomic E-state index is 0.209. The Bertz CT molecular complexity index is 560. The molecule has 0 saturated heterocycles. The van der Waals surface area contributed by atoms with Gasteiger partial charge < -0.3 is 10.5 Å². The van der Waals surface area contributed by atoms with E-state index in [0.717, 1.165) is 6.07 Å². The second kappa shape index (κ2) is 5.10. The molecule has 1 atom stereocenters. The fourth-order valence-electron chi connectivity index (χ4n) is 1.74. The molecule has 3 nitrogen and oxygen atoms in total. The number of rotatable bonds is 3. The lowest BCUT2D eigenvalue weighted by molar-refractivity contribution is 0.405. The SMILES string of the molecule is COc1cnccc1C(N)c1ccc(F)cc1F. The van der Waals surface area contributed by atoms with Crippen LogP contribution in [0.1, 0.15) is 17.2 Å². The molecule has 0 radical (unpaired) electrons. The number of hydrogen-bond donors (Lipinski definition) is 1. The predicted molar refractivity (Wildman–Crippen MR) is 63.2 cm³/mol. The summed E-state index contributed by atoms with van der Waals surface area (Å²) in [5.74, 6) is -0.847. The van der Waals surface area contributed by atoms with E-state index in [1.807, 2.05) is 0 Å². The fourth-order valence-corrected chi connectivity index (χ4v) is 1.74. The molecule has 2 aromatic rings. The monoisotopic (exact) mass is 250 g/mol. The zero-order chi connectivity index (χ0) is 13.1. The van der Waals surface area contributed by atoms with E-state index in [1.54, 1.807) is 12.3 Å². The van der Waals surface area contributed by atoms with Crippen LogP contribution in [0.15, 0.2) is 36.7 Å². The van der Waals surface area contributed by atoms with E-state index in [2.05, 4.69) is 4.98 Å². The molecule has 5 heteroatoms. The van der Waals surface area contributed by atoms with E-state index >= 15 is 0 Å². The van der Waals surface area contributed by atoms with Gasteiger partial charge in [-0.05, 0) is 12.1 Å². The standard InChI is InChI=1S/C13H12F2N2O/c1-18-12-7-17-5-4-10(12)13(16)9-3-2-8(14)6-11(9)15/h2-7,13H,16H2,1H3. The summed E-state index contributed by atoms with van der Waals surface area (Å²) in [5, 5.41) is 0. The van der Waals surface area contributed by atoms with Gasteiger partial charge >= 0.3 is 0 Å². The highest BCUT2D eigenvalue weighted by Crippen LogP contribution is 2.28. The number of ether oxygens (including phenoxy) is 1. The highest BCUT2D eigenvalue weighted by atomic mass is 19.1. The topological polar surface area (TPSA) is 48.1 Å². The van der Waals surface area contributed by atoms with E-state index in [1.165, 1.54) is 25.4 Å². The lowest BCUT2D eigenvalue weighted by Crippen LogP contribution is -2.15.